The smallest absolute Gasteiger partial charge is 0.234 e. The Balaban J connectivity index is 1.75. The Morgan fingerprint density at radius 1 is 1.45 bits per heavy atom. The fraction of sp³-hybridized carbons (Fsp3) is 0.588. The number of amides is 1. The van der Waals surface area contributed by atoms with Crippen molar-refractivity contribution in [3.05, 3.63) is 35.4 Å². The largest absolute Gasteiger partial charge is 0.395 e. The molecule has 1 aliphatic heterocycles. The third-order valence-corrected chi connectivity index (χ3v) is 4.36. The van der Waals surface area contributed by atoms with Gasteiger partial charge in [-0.1, -0.05) is 24.3 Å². The molecular formula is C17H26N2O3. The van der Waals surface area contributed by atoms with Gasteiger partial charge in [0.1, 0.15) is 0 Å². The highest BCUT2D eigenvalue weighted by molar-refractivity contribution is 5.78. The van der Waals surface area contributed by atoms with E-state index in [4.69, 9.17) is 4.74 Å². The summed E-state index contributed by atoms with van der Waals surface area (Å²) in [6.45, 7) is 3.80. The molecule has 0 unspecified atom stereocenters. The molecule has 0 spiro atoms. The molecule has 0 bridgehead atoms. The number of likely N-dealkylation sites (tertiary alicyclic amines) is 1. The Bertz CT molecular complexity index is 493. The maximum Gasteiger partial charge on any atom is 0.234 e. The third-order valence-electron chi connectivity index (χ3n) is 4.36. The molecule has 0 saturated carbocycles. The first-order valence-corrected chi connectivity index (χ1v) is 7.83. The molecule has 1 heterocycles. The topological polar surface area (TPSA) is 61.8 Å². The number of carbonyl (C=O) groups excluding carboxylic acids is 1. The van der Waals surface area contributed by atoms with E-state index in [1.54, 1.807) is 7.11 Å². The summed E-state index contributed by atoms with van der Waals surface area (Å²) in [5.41, 5.74) is 2.51. The van der Waals surface area contributed by atoms with Crippen LogP contribution in [-0.2, 0) is 16.0 Å². The Labute approximate surface area is 132 Å². The quantitative estimate of drug-likeness (QED) is 0.780. The molecule has 0 aromatic heterocycles. The van der Waals surface area contributed by atoms with Crippen molar-refractivity contribution in [3.8, 4) is 0 Å². The fourth-order valence-corrected chi connectivity index (χ4v) is 2.96. The fourth-order valence-electron chi connectivity index (χ4n) is 2.96. The summed E-state index contributed by atoms with van der Waals surface area (Å²) in [5, 5.41) is 12.3. The lowest BCUT2D eigenvalue weighted by molar-refractivity contribution is -0.122. The SMILES string of the molecule is CO[C@@H]1C[C@@H](CO)N(CC(=O)NCCc2ccccc2C)C1. The predicted octanol–water partition coefficient (Wildman–Crippen LogP) is 0.735. The molecule has 1 aliphatic rings. The number of nitrogens with zero attached hydrogens (tertiary/aromatic N) is 1. The van der Waals surface area contributed by atoms with Gasteiger partial charge in [-0.05, 0) is 30.9 Å². The van der Waals surface area contributed by atoms with Crippen LogP contribution in [0.15, 0.2) is 24.3 Å². The van der Waals surface area contributed by atoms with E-state index in [0.717, 1.165) is 12.8 Å². The summed E-state index contributed by atoms with van der Waals surface area (Å²) in [4.78, 5) is 14.1. The van der Waals surface area contributed by atoms with Crippen molar-refractivity contribution in [3.63, 3.8) is 0 Å². The minimum atomic E-state index is 0.00351. The number of carbonyl (C=O) groups is 1. The van der Waals surface area contributed by atoms with Crippen molar-refractivity contribution in [1.29, 1.82) is 0 Å². The van der Waals surface area contributed by atoms with E-state index in [2.05, 4.69) is 24.4 Å². The molecule has 1 amide bonds. The lowest BCUT2D eigenvalue weighted by atomic mass is 10.1. The molecule has 2 N–H and O–H groups in total. The van der Waals surface area contributed by atoms with Crippen molar-refractivity contribution >= 4 is 5.91 Å². The van der Waals surface area contributed by atoms with Crippen LogP contribution in [0.2, 0.25) is 0 Å². The van der Waals surface area contributed by atoms with Crippen LogP contribution in [0.4, 0.5) is 0 Å². The minimum Gasteiger partial charge on any atom is -0.395 e. The Morgan fingerprint density at radius 2 is 2.23 bits per heavy atom. The van der Waals surface area contributed by atoms with Gasteiger partial charge < -0.3 is 15.2 Å². The zero-order chi connectivity index (χ0) is 15.9. The molecule has 1 saturated heterocycles. The summed E-state index contributed by atoms with van der Waals surface area (Å²) < 4.78 is 5.32. The van der Waals surface area contributed by atoms with Gasteiger partial charge in [0.25, 0.3) is 0 Å². The number of aryl methyl sites for hydroxylation is 1. The maximum atomic E-state index is 12.1. The molecule has 0 aliphatic carbocycles. The monoisotopic (exact) mass is 306 g/mol. The van der Waals surface area contributed by atoms with Gasteiger partial charge in [0, 0.05) is 26.2 Å². The molecule has 1 aromatic rings. The van der Waals surface area contributed by atoms with Gasteiger partial charge in [-0.3, -0.25) is 9.69 Å². The molecule has 1 fully saturated rings. The third kappa shape index (κ3) is 4.53. The van der Waals surface area contributed by atoms with Crippen molar-refractivity contribution in [2.45, 2.75) is 31.9 Å². The van der Waals surface area contributed by atoms with E-state index >= 15 is 0 Å². The van der Waals surface area contributed by atoms with Crippen LogP contribution in [-0.4, -0.2) is 61.4 Å². The minimum absolute atomic E-state index is 0.00351. The molecule has 0 radical (unpaired) electrons. The summed E-state index contributed by atoms with van der Waals surface area (Å²) >= 11 is 0. The van der Waals surface area contributed by atoms with E-state index in [-0.39, 0.29) is 24.7 Å². The number of aliphatic hydroxyl groups excluding tert-OH is 1. The lowest BCUT2D eigenvalue weighted by Gasteiger charge is -2.21. The first-order valence-electron chi connectivity index (χ1n) is 7.83. The summed E-state index contributed by atoms with van der Waals surface area (Å²) in [6.07, 6.45) is 1.73. The summed E-state index contributed by atoms with van der Waals surface area (Å²) in [6, 6.07) is 8.23. The molecule has 1 aromatic carbocycles. The second-order valence-electron chi connectivity index (χ2n) is 5.89. The number of aliphatic hydroxyl groups is 1. The van der Waals surface area contributed by atoms with Crippen molar-refractivity contribution < 1.29 is 14.6 Å². The van der Waals surface area contributed by atoms with E-state index in [0.29, 0.717) is 19.6 Å². The number of ether oxygens (including phenoxy) is 1. The van der Waals surface area contributed by atoms with E-state index in [9.17, 15) is 9.90 Å². The number of nitrogens with one attached hydrogen (secondary N) is 1. The number of hydrogen-bond donors (Lipinski definition) is 2. The van der Waals surface area contributed by atoms with E-state index in [1.807, 2.05) is 17.0 Å². The highest BCUT2D eigenvalue weighted by atomic mass is 16.5. The zero-order valence-electron chi connectivity index (χ0n) is 13.4. The Hall–Kier alpha value is -1.43. The number of methoxy groups -OCH3 is 1. The van der Waals surface area contributed by atoms with Crippen LogP contribution in [0, 0.1) is 6.92 Å². The number of rotatable bonds is 7. The maximum absolute atomic E-state index is 12.1. The average Bonchev–Trinajstić information content (AvgIpc) is 2.91. The zero-order valence-corrected chi connectivity index (χ0v) is 13.4. The summed E-state index contributed by atoms with van der Waals surface area (Å²) in [7, 11) is 1.67. The Kier molecular flexibility index (Phi) is 6.36. The first-order chi connectivity index (χ1) is 10.6. The normalized spacial score (nSPS) is 22.0. The van der Waals surface area contributed by atoms with Gasteiger partial charge in [-0.2, -0.15) is 0 Å². The van der Waals surface area contributed by atoms with Crippen LogP contribution in [0.25, 0.3) is 0 Å². The second kappa shape index (κ2) is 8.27. The van der Waals surface area contributed by atoms with Crippen LogP contribution < -0.4 is 5.32 Å². The van der Waals surface area contributed by atoms with Crippen molar-refractivity contribution in [2.75, 3.05) is 33.4 Å². The van der Waals surface area contributed by atoms with Gasteiger partial charge in [-0.15, -0.1) is 0 Å². The van der Waals surface area contributed by atoms with Gasteiger partial charge in [0.15, 0.2) is 0 Å². The highest BCUT2D eigenvalue weighted by Gasteiger charge is 2.32. The van der Waals surface area contributed by atoms with Crippen LogP contribution >= 0.6 is 0 Å². The van der Waals surface area contributed by atoms with E-state index < -0.39 is 0 Å². The first kappa shape index (κ1) is 16.9. The van der Waals surface area contributed by atoms with Crippen LogP contribution in [0.5, 0.6) is 0 Å². The van der Waals surface area contributed by atoms with Crippen molar-refractivity contribution in [1.82, 2.24) is 10.2 Å². The number of benzene rings is 1. The molecule has 5 nitrogen and oxygen atoms in total. The standard InChI is InChI=1S/C17H26N2O3/c1-13-5-3-4-6-14(13)7-8-18-17(21)11-19-10-16(22-2)9-15(19)12-20/h3-6,15-16,20H,7-12H2,1-2H3,(H,18,21)/t15-,16+/m0/s1. The highest BCUT2D eigenvalue weighted by Crippen LogP contribution is 2.18. The molecule has 122 valence electrons. The van der Waals surface area contributed by atoms with Gasteiger partial charge in [0.2, 0.25) is 5.91 Å². The van der Waals surface area contributed by atoms with Crippen LogP contribution in [0.3, 0.4) is 0 Å². The van der Waals surface area contributed by atoms with Crippen molar-refractivity contribution in [2.24, 2.45) is 0 Å². The molecule has 22 heavy (non-hydrogen) atoms. The predicted molar refractivity (Wildman–Crippen MR) is 85.8 cm³/mol. The van der Waals surface area contributed by atoms with Crippen LogP contribution in [0.1, 0.15) is 17.5 Å². The molecule has 2 rings (SSSR count). The van der Waals surface area contributed by atoms with E-state index in [1.165, 1.54) is 11.1 Å². The van der Waals surface area contributed by atoms with Gasteiger partial charge in [-0.25, -0.2) is 0 Å². The second-order valence-corrected chi connectivity index (χ2v) is 5.89. The molecule has 2 atom stereocenters. The summed E-state index contributed by atoms with van der Waals surface area (Å²) in [5.74, 6) is 0.00351. The average molecular weight is 306 g/mol. The van der Waals surface area contributed by atoms with Gasteiger partial charge in [0.05, 0.1) is 19.3 Å². The number of hydrogen-bond acceptors (Lipinski definition) is 4. The lowest BCUT2D eigenvalue weighted by Crippen LogP contribution is -2.41. The van der Waals surface area contributed by atoms with Gasteiger partial charge >= 0.3 is 0 Å². The molecular weight excluding hydrogens is 280 g/mol. The Morgan fingerprint density at radius 3 is 2.91 bits per heavy atom. The molecule has 5 heteroatoms.